The Morgan fingerprint density at radius 3 is 2.64 bits per heavy atom. The van der Waals surface area contributed by atoms with Crippen molar-refractivity contribution < 1.29 is 14.6 Å². The number of hydrogen-bond donors (Lipinski definition) is 2. The van der Waals surface area contributed by atoms with Crippen LogP contribution in [-0.2, 0) is 4.74 Å². The number of phenolic OH excluding ortho intramolecular Hbond substituents is 1. The highest BCUT2D eigenvalue weighted by Crippen LogP contribution is 2.29. The molecule has 22 heavy (non-hydrogen) atoms. The maximum absolute atomic E-state index is 11.7. The third-order valence-electron chi connectivity index (χ3n) is 3.48. The van der Waals surface area contributed by atoms with Gasteiger partial charge in [0.15, 0.2) is 0 Å². The van der Waals surface area contributed by atoms with Gasteiger partial charge in [-0.05, 0) is 49.4 Å². The topological polar surface area (TPSA) is 77.5 Å². The second kappa shape index (κ2) is 5.44. The Bertz CT molecular complexity index is 835. The maximum Gasteiger partial charge on any atom is 0.338 e. The number of aromatic nitrogens is 1. The Hall–Kier alpha value is -2.95. The van der Waals surface area contributed by atoms with Crippen molar-refractivity contribution in [3.05, 3.63) is 54.2 Å². The smallest absolute Gasteiger partial charge is 0.338 e. The summed E-state index contributed by atoms with van der Waals surface area (Å²) in [5, 5.41) is 10.4. The van der Waals surface area contributed by atoms with Crippen LogP contribution in [-0.4, -0.2) is 22.2 Å². The molecule has 1 aromatic heterocycles. The zero-order chi connectivity index (χ0) is 15.7. The lowest BCUT2D eigenvalue weighted by Crippen LogP contribution is -2.04. The largest absolute Gasteiger partial charge is 0.508 e. The first-order valence-electron chi connectivity index (χ1n) is 6.97. The molecule has 0 unspecified atom stereocenters. The summed E-state index contributed by atoms with van der Waals surface area (Å²) >= 11 is 0. The lowest BCUT2D eigenvalue weighted by Gasteiger charge is -2.07. The van der Waals surface area contributed by atoms with Crippen molar-refractivity contribution in [1.29, 1.82) is 0 Å². The van der Waals surface area contributed by atoms with Gasteiger partial charge < -0.3 is 20.1 Å². The Morgan fingerprint density at radius 1 is 1.23 bits per heavy atom. The molecule has 1 heterocycles. The molecule has 0 fully saturated rings. The summed E-state index contributed by atoms with van der Waals surface area (Å²) in [6.45, 7) is 2.12. The molecule has 112 valence electrons. The first-order chi connectivity index (χ1) is 10.6. The summed E-state index contributed by atoms with van der Waals surface area (Å²) in [4.78, 5) is 11.7. The summed E-state index contributed by atoms with van der Waals surface area (Å²) < 4.78 is 6.88. The van der Waals surface area contributed by atoms with Gasteiger partial charge in [0.25, 0.3) is 0 Å². The molecular weight excluding hydrogens is 280 g/mol. The first kappa shape index (κ1) is 14.0. The number of hydrogen-bond acceptors (Lipinski definition) is 4. The maximum atomic E-state index is 11.7. The van der Waals surface area contributed by atoms with Gasteiger partial charge in [0.05, 0.1) is 23.4 Å². The van der Waals surface area contributed by atoms with Crippen molar-refractivity contribution in [2.45, 2.75) is 6.92 Å². The molecule has 0 aliphatic carbocycles. The molecule has 5 heteroatoms. The average molecular weight is 296 g/mol. The van der Waals surface area contributed by atoms with Crippen LogP contribution in [0.3, 0.4) is 0 Å². The molecule has 0 saturated heterocycles. The highest BCUT2D eigenvalue weighted by atomic mass is 16.5. The van der Waals surface area contributed by atoms with E-state index in [1.54, 1.807) is 43.5 Å². The van der Waals surface area contributed by atoms with Gasteiger partial charge >= 0.3 is 5.97 Å². The minimum absolute atomic E-state index is 0.176. The molecular formula is C17H16N2O3. The molecule has 0 spiro atoms. The Morgan fingerprint density at radius 2 is 1.95 bits per heavy atom. The average Bonchev–Trinajstić information content (AvgIpc) is 2.84. The Labute approximate surface area is 127 Å². The fourth-order valence-corrected chi connectivity index (χ4v) is 2.43. The fraction of sp³-hybridized carbons (Fsp3) is 0.118. The number of rotatable bonds is 3. The summed E-state index contributed by atoms with van der Waals surface area (Å²) in [7, 11) is 0. The second-order valence-electron chi connectivity index (χ2n) is 4.92. The van der Waals surface area contributed by atoms with Crippen LogP contribution >= 0.6 is 0 Å². The molecule has 3 rings (SSSR count). The molecule has 0 saturated carbocycles. The number of anilines is 1. The van der Waals surface area contributed by atoms with Gasteiger partial charge in [-0.1, -0.05) is 0 Å². The number of nitrogens with two attached hydrogens (primary N) is 1. The van der Waals surface area contributed by atoms with E-state index in [0.29, 0.717) is 17.9 Å². The molecule has 3 N–H and O–H groups in total. The van der Waals surface area contributed by atoms with Gasteiger partial charge in [-0.3, -0.25) is 0 Å². The van der Waals surface area contributed by atoms with Crippen LogP contribution in [0.15, 0.2) is 48.7 Å². The van der Waals surface area contributed by atoms with Gasteiger partial charge in [0.2, 0.25) is 0 Å². The van der Waals surface area contributed by atoms with E-state index >= 15 is 0 Å². The van der Waals surface area contributed by atoms with Crippen molar-refractivity contribution in [3.8, 4) is 11.4 Å². The van der Waals surface area contributed by atoms with Gasteiger partial charge in [-0.2, -0.15) is 0 Å². The monoisotopic (exact) mass is 296 g/mol. The Kier molecular flexibility index (Phi) is 3.47. The number of fused-ring (bicyclic) bond motifs is 1. The molecule has 0 radical (unpaired) electrons. The van der Waals surface area contributed by atoms with Gasteiger partial charge in [-0.15, -0.1) is 0 Å². The molecule has 0 aliphatic rings. The predicted octanol–water partition coefficient (Wildman–Crippen LogP) is 3.10. The van der Waals surface area contributed by atoms with Crippen molar-refractivity contribution >= 4 is 22.6 Å². The van der Waals surface area contributed by atoms with E-state index in [1.165, 1.54) is 0 Å². The van der Waals surface area contributed by atoms with Crippen molar-refractivity contribution in [1.82, 2.24) is 4.57 Å². The highest BCUT2D eigenvalue weighted by molar-refractivity contribution is 5.94. The third-order valence-corrected chi connectivity index (χ3v) is 3.48. The zero-order valence-electron chi connectivity index (χ0n) is 12.1. The standard InChI is InChI=1S/C17H16N2O3/c1-2-22-17(21)11-3-5-12(6-4-11)19-10-15(18)14-9-13(20)7-8-16(14)19/h3-10,20H,2,18H2,1H3. The number of phenols is 1. The number of nitrogens with zero attached hydrogens (tertiary/aromatic N) is 1. The van der Waals surface area contributed by atoms with Crippen molar-refractivity contribution in [2.75, 3.05) is 12.3 Å². The first-order valence-corrected chi connectivity index (χ1v) is 6.97. The highest BCUT2D eigenvalue weighted by Gasteiger charge is 2.10. The van der Waals surface area contributed by atoms with Crippen LogP contribution in [0.1, 0.15) is 17.3 Å². The predicted molar refractivity (Wildman–Crippen MR) is 85.3 cm³/mol. The van der Waals surface area contributed by atoms with E-state index in [4.69, 9.17) is 10.5 Å². The summed E-state index contributed by atoms with van der Waals surface area (Å²) in [6.07, 6.45) is 1.80. The normalized spacial score (nSPS) is 10.8. The third kappa shape index (κ3) is 2.37. The van der Waals surface area contributed by atoms with E-state index in [9.17, 15) is 9.90 Å². The zero-order valence-corrected chi connectivity index (χ0v) is 12.1. The number of nitrogen functional groups attached to an aromatic ring is 1. The number of carbonyl (C=O) groups is 1. The molecule has 0 bridgehead atoms. The summed E-state index contributed by atoms with van der Waals surface area (Å²) in [5.41, 5.74) is 8.85. The molecule has 3 aromatic rings. The molecule has 0 aliphatic heterocycles. The molecule has 5 nitrogen and oxygen atoms in total. The lowest BCUT2D eigenvalue weighted by atomic mass is 10.2. The van der Waals surface area contributed by atoms with E-state index in [1.807, 2.05) is 16.7 Å². The molecule has 2 aromatic carbocycles. The second-order valence-corrected chi connectivity index (χ2v) is 4.92. The molecule has 0 atom stereocenters. The van der Waals surface area contributed by atoms with Crippen molar-refractivity contribution in [2.24, 2.45) is 0 Å². The van der Waals surface area contributed by atoms with E-state index in [2.05, 4.69) is 0 Å². The quantitative estimate of drug-likeness (QED) is 0.728. The van der Waals surface area contributed by atoms with E-state index in [-0.39, 0.29) is 11.7 Å². The Balaban J connectivity index is 2.03. The summed E-state index contributed by atoms with van der Waals surface area (Å²) in [5.74, 6) is -0.162. The van der Waals surface area contributed by atoms with Crippen LogP contribution < -0.4 is 5.73 Å². The van der Waals surface area contributed by atoms with Crippen LogP contribution in [0.25, 0.3) is 16.6 Å². The SMILES string of the molecule is CCOC(=O)c1ccc(-n2cc(N)c3cc(O)ccc32)cc1. The van der Waals surface area contributed by atoms with E-state index in [0.717, 1.165) is 16.6 Å². The number of carbonyl (C=O) groups excluding carboxylic acids is 1. The van der Waals surface area contributed by atoms with Crippen LogP contribution in [0.4, 0.5) is 5.69 Å². The minimum atomic E-state index is -0.337. The van der Waals surface area contributed by atoms with Gasteiger partial charge in [0.1, 0.15) is 5.75 Å². The lowest BCUT2D eigenvalue weighted by molar-refractivity contribution is 0.0526. The van der Waals surface area contributed by atoms with Crippen LogP contribution in [0.2, 0.25) is 0 Å². The summed E-state index contributed by atoms with van der Waals surface area (Å²) in [6, 6.07) is 12.2. The van der Waals surface area contributed by atoms with Gasteiger partial charge in [-0.25, -0.2) is 4.79 Å². The van der Waals surface area contributed by atoms with Crippen LogP contribution in [0.5, 0.6) is 5.75 Å². The molecule has 0 amide bonds. The van der Waals surface area contributed by atoms with E-state index < -0.39 is 0 Å². The van der Waals surface area contributed by atoms with Crippen LogP contribution in [0, 0.1) is 0 Å². The fourth-order valence-electron chi connectivity index (χ4n) is 2.43. The van der Waals surface area contributed by atoms with Gasteiger partial charge in [0, 0.05) is 17.3 Å². The number of ether oxygens (including phenoxy) is 1. The number of esters is 1. The number of benzene rings is 2. The van der Waals surface area contributed by atoms with Crippen molar-refractivity contribution in [3.63, 3.8) is 0 Å². The number of aromatic hydroxyl groups is 1. The minimum Gasteiger partial charge on any atom is -0.508 e.